The topological polar surface area (TPSA) is 20.2 Å². The zero-order valence-electron chi connectivity index (χ0n) is 7.86. The Labute approximate surface area is 85.7 Å². The van der Waals surface area contributed by atoms with Gasteiger partial charge in [0.15, 0.2) is 0 Å². The normalized spacial score (nSPS) is 11.8. The van der Waals surface area contributed by atoms with E-state index in [4.69, 9.17) is 0 Å². The Bertz CT molecular complexity index is 305. The molecular formula is C10H12BrFO. The number of aryl methyl sites for hydroxylation is 1. The van der Waals surface area contributed by atoms with Crippen LogP contribution in [0.3, 0.4) is 0 Å². The minimum Gasteiger partial charge on any atom is -0.386 e. The standard InChI is InChI=1S/C10H12BrFO/c1-6-4-7(10(2,3)13)5-8(11)9(6)12/h4-5,13H,1-3H3. The molecule has 0 heterocycles. The van der Waals surface area contributed by atoms with Gasteiger partial charge in [-0.3, -0.25) is 0 Å². The van der Waals surface area contributed by atoms with Crippen LogP contribution in [0.2, 0.25) is 0 Å². The number of hydrogen-bond acceptors (Lipinski definition) is 1. The Hall–Kier alpha value is -0.410. The predicted octanol–water partition coefficient (Wildman–Crippen LogP) is 3.12. The van der Waals surface area contributed by atoms with Crippen LogP contribution in [-0.2, 0) is 5.60 Å². The fraction of sp³-hybridized carbons (Fsp3) is 0.400. The molecule has 0 aliphatic rings. The van der Waals surface area contributed by atoms with E-state index < -0.39 is 5.60 Å². The van der Waals surface area contributed by atoms with Gasteiger partial charge in [-0.1, -0.05) is 6.07 Å². The molecule has 13 heavy (non-hydrogen) atoms. The molecule has 1 aromatic carbocycles. The van der Waals surface area contributed by atoms with E-state index in [1.54, 1.807) is 32.9 Å². The summed E-state index contributed by atoms with van der Waals surface area (Å²) in [5.74, 6) is -0.270. The molecule has 0 radical (unpaired) electrons. The van der Waals surface area contributed by atoms with E-state index in [1.807, 2.05) is 0 Å². The summed E-state index contributed by atoms with van der Waals surface area (Å²) in [4.78, 5) is 0. The zero-order chi connectivity index (χ0) is 10.2. The van der Waals surface area contributed by atoms with Crippen LogP contribution in [-0.4, -0.2) is 5.11 Å². The fourth-order valence-electron chi connectivity index (χ4n) is 1.08. The van der Waals surface area contributed by atoms with Crippen LogP contribution in [0, 0.1) is 12.7 Å². The summed E-state index contributed by atoms with van der Waals surface area (Å²) in [6, 6.07) is 3.25. The van der Waals surface area contributed by atoms with Crippen LogP contribution >= 0.6 is 15.9 Å². The van der Waals surface area contributed by atoms with E-state index in [0.29, 0.717) is 15.6 Å². The lowest BCUT2D eigenvalue weighted by molar-refractivity contribution is 0.0784. The Kier molecular flexibility index (Phi) is 2.78. The first-order valence-corrected chi connectivity index (χ1v) is 4.80. The van der Waals surface area contributed by atoms with Gasteiger partial charge in [0.2, 0.25) is 0 Å². The van der Waals surface area contributed by atoms with Crippen molar-refractivity contribution in [1.82, 2.24) is 0 Å². The summed E-state index contributed by atoms with van der Waals surface area (Å²) in [6.45, 7) is 5.02. The highest BCUT2D eigenvalue weighted by molar-refractivity contribution is 9.10. The first-order valence-electron chi connectivity index (χ1n) is 4.01. The number of hydrogen-bond donors (Lipinski definition) is 1. The molecule has 0 atom stereocenters. The van der Waals surface area contributed by atoms with Crippen LogP contribution in [0.4, 0.5) is 4.39 Å². The summed E-state index contributed by atoms with van der Waals surface area (Å²) in [6.07, 6.45) is 0. The van der Waals surface area contributed by atoms with Crippen molar-refractivity contribution < 1.29 is 9.50 Å². The highest BCUT2D eigenvalue weighted by Gasteiger charge is 2.18. The Morgan fingerprint density at radius 2 is 1.92 bits per heavy atom. The van der Waals surface area contributed by atoms with Crippen molar-refractivity contribution in [2.75, 3.05) is 0 Å². The van der Waals surface area contributed by atoms with E-state index >= 15 is 0 Å². The third-order valence-corrected chi connectivity index (χ3v) is 2.49. The third-order valence-electron chi connectivity index (χ3n) is 1.92. The van der Waals surface area contributed by atoms with Gasteiger partial charge in [-0.25, -0.2) is 4.39 Å². The second-order valence-corrected chi connectivity index (χ2v) is 4.50. The van der Waals surface area contributed by atoms with Crippen molar-refractivity contribution in [3.63, 3.8) is 0 Å². The highest BCUT2D eigenvalue weighted by atomic mass is 79.9. The first kappa shape index (κ1) is 10.7. The van der Waals surface area contributed by atoms with Crippen molar-refractivity contribution >= 4 is 15.9 Å². The molecule has 0 aliphatic heterocycles. The smallest absolute Gasteiger partial charge is 0.140 e. The highest BCUT2D eigenvalue weighted by Crippen LogP contribution is 2.27. The van der Waals surface area contributed by atoms with Gasteiger partial charge in [0, 0.05) is 0 Å². The molecule has 1 nitrogen and oxygen atoms in total. The molecule has 0 unspecified atom stereocenters. The fourth-order valence-corrected chi connectivity index (χ4v) is 1.64. The Morgan fingerprint density at radius 3 is 2.31 bits per heavy atom. The van der Waals surface area contributed by atoms with E-state index in [1.165, 1.54) is 0 Å². The van der Waals surface area contributed by atoms with Crippen molar-refractivity contribution in [3.05, 3.63) is 33.5 Å². The molecule has 1 N–H and O–H groups in total. The Morgan fingerprint density at radius 1 is 1.38 bits per heavy atom. The van der Waals surface area contributed by atoms with Gasteiger partial charge in [0.25, 0.3) is 0 Å². The van der Waals surface area contributed by atoms with Gasteiger partial charge in [-0.2, -0.15) is 0 Å². The average molecular weight is 247 g/mol. The van der Waals surface area contributed by atoms with Gasteiger partial charge in [0.1, 0.15) is 5.82 Å². The van der Waals surface area contributed by atoms with Crippen molar-refractivity contribution in [3.8, 4) is 0 Å². The summed E-state index contributed by atoms with van der Waals surface area (Å²) >= 11 is 3.10. The second-order valence-electron chi connectivity index (χ2n) is 3.65. The largest absolute Gasteiger partial charge is 0.386 e. The summed E-state index contributed by atoms with van der Waals surface area (Å²) in [5, 5.41) is 9.69. The van der Waals surface area contributed by atoms with E-state index in [-0.39, 0.29) is 5.82 Å². The van der Waals surface area contributed by atoms with Crippen LogP contribution in [0.5, 0.6) is 0 Å². The minimum absolute atomic E-state index is 0.270. The zero-order valence-corrected chi connectivity index (χ0v) is 9.44. The van der Waals surface area contributed by atoms with E-state index in [2.05, 4.69) is 15.9 Å². The molecule has 0 spiro atoms. The van der Waals surface area contributed by atoms with Gasteiger partial charge in [0.05, 0.1) is 10.1 Å². The van der Waals surface area contributed by atoms with Crippen molar-refractivity contribution in [2.24, 2.45) is 0 Å². The van der Waals surface area contributed by atoms with Gasteiger partial charge in [-0.05, 0) is 53.9 Å². The van der Waals surface area contributed by atoms with Gasteiger partial charge in [-0.15, -0.1) is 0 Å². The van der Waals surface area contributed by atoms with Crippen molar-refractivity contribution in [2.45, 2.75) is 26.4 Å². The molecule has 0 fully saturated rings. The summed E-state index contributed by atoms with van der Waals surface area (Å²) < 4.78 is 13.6. The molecule has 0 saturated carbocycles. The van der Waals surface area contributed by atoms with E-state index in [0.717, 1.165) is 0 Å². The van der Waals surface area contributed by atoms with E-state index in [9.17, 15) is 9.50 Å². The molecule has 0 amide bonds. The van der Waals surface area contributed by atoms with Crippen LogP contribution in [0.25, 0.3) is 0 Å². The quantitative estimate of drug-likeness (QED) is 0.808. The second kappa shape index (κ2) is 3.39. The number of rotatable bonds is 1. The predicted molar refractivity (Wildman–Crippen MR) is 54.1 cm³/mol. The van der Waals surface area contributed by atoms with Crippen LogP contribution in [0.1, 0.15) is 25.0 Å². The summed E-state index contributed by atoms with van der Waals surface area (Å²) in [5.41, 5.74) is 0.311. The van der Waals surface area contributed by atoms with Crippen LogP contribution < -0.4 is 0 Å². The Balaban J connectivity index is 3.29. The number of benzene rings is 1. The monoisotopic (exact) mass is 246 g/mol. The molecule has 1 rings (SSSR count). The lowest BCUT2D eigenvalue weighted by atomic mass is 9.97. The molecule has 3 heteroatoms. The van der Waals surface area contributed by atoms with Crippen molar-refractivity contribution in [1.29, 1.82) is 0 Å². The average Bonchev–Trinajstić information content (AvgIpc) is 1.97. The van der Waals surface area contributed by atoms with Gasteiger partial charge >= 0.3 is 0 Å². The number of aliphatic hydroxyl groups is 1. The molecule has 72 valence electrons. The molecule has 0 saturated heterocycles. The molecular weight excluding hydrogens is 235 g/mol. The molecule has 0 bridgehead atoms. The first-order chi connectivity index (χ1) is 5.82. The maximum atomic E-state index is 13.2. The third kappa shape index (κ3) is 2.29. The van der Waals surface area contributed by atoms with Crippen LogP contribution in [0.15, 0.2) is 16.6 Å². The lowest BCUT2D eigenvalue weighted by Crippen LogP contribution is -2.15. The maximum absolute atomic E-state index is 13.2. The van der Waals surface area contributed by atoms with Gasteiger partial charge < -0.3 is 5.11 Å². The lowest BCUT2D eigenvalue weighted by Gasteiger charge is -2.19. The minimum atomic E-state index is -0.930. The number of halogens is 2. The maximum Gasteiger partial charge on any atom is 0.140 e. The SMILES string of the molecule is Cc1cc(C(C)(C)O)cc(Br)c1F. The molecule has 0 aliphatic carbocycles. The molecule has 1 aromatic rings. The molecule has 0 aromatic heterocycles. The summed E-state index contributed by atoms with van der Waals surface area (Å²) in [7, 11) is 0.